The summed E-state index contributed by atoms with van der Waals surface area (Å²) in [5.41, 5.74) is 0. The first-order valence-electron chi connectivity index (χ1n) is 3.87. The van der Waals surface area contributed by atoms with Crippen LogP contribution in [0.15, 0.2) is 11.8 Å². The Bertz CT molecular complexity index is 110. The van der Waals surface area contributed by atoms with Gasteiger partial charge in [-0.25, -0.2) is 0 Å². The smallest absolute Gasteiger partial charge is 0.114 e. The van der Waals surface area contributed by atoms with Crippen LogP contribution in [-0.2, 0) is 4.74 Å². The highest BCUT2D eigenvalue weighted by molar-refractivity contribution is 4.90. The average Bonchev–Trinajstić information content (AvgIpc) is 2.01. The Morgan fingerprint density at radius 2 is 2.27 bits per heavy atom. The third-order valence-corrected chi connectivity index (χ3v) is 1.15. The van der Waals surface area contributed by atoms with Gasteiger partial charge < -0.3 is 14.9 Å². The molecule has 0 aromatic heterocycles. The van der Waals surface area contributed by atoms with Gasteiger partial charge in [0.1, 0.15) is 12.4 Å². The normalized spacial score (nSPS) is 12.0. The summed E-state index contributed by atoms with van der Waals surface area (Å²) in [4.78, 5) is 0. The fourth-order valence-corrected chi connectivity index (χ4v) is 0.611. The third kappa shape index (κ3) is 7.36. The number of ether oxygens (including phenoxy) is 1. The fraction of sp³-hybridized carbons (Fsp3) is 0.750. The molecular weight excluding hydrogens is 144 g/mol. The van der Waals surface area contributed by atoms with Gasteiger partial charge in [0.25, 0.3) is 0 Å². The molecule has 0 aliphatic rings. The maximum absolute atomic E-state index is 9.06. The topological polar surface area (TPSA) is 49.7 Å². The van der Waals surface area contributed by atoms with Crippen LogP contribution in [0.25, 0.3) is 0 Å². The van der Waals surface area contributed by atoms with Crippen molar-refractivity contribution >= 4 is 0 Å². The van der Waals surface area contributed by atoms with Crippen molar-refractivity contribution < 1.29 is 14.9 Å². The van der Waals surface area contributed by atoms with Crippen molar-refractivity contribution in [2.45, 2.75) is 19.8 Å². The first kappa shape index (κ1) is 10.5. The highest BCUT2D eigenvalue weighted by atomic mass is 16.5. The van der Waals surface area contributed by atoms with Crippen LogP contribution in [0.3, 0.4) is 0 Å². The molecule has 0 saturated carbocycles. The van der Waals surface area contributed by atoms with Gasteiger partial charge in [0.2, 0.25) is 0 Å². The molecule has 0 saturated heterocycles. The summed E-state index contributed by atoms with van der Waals surface area (Å²) < 4.78 is 4.87. The van der Waals surface area contributed by atoms with Gasteiger partial charge >= 0.3 is 0 Å². The summed E-state index contributed by atoms with van der Waals surface area (Å²) >= 11 is 0. The SMILES string of the molecule is CCCC=C(O)COCCO. The second kappa shape index (κ2) is 7.57. The van der Waals surface area contributed by atoms with Gasteiger partial charge in [-0.3, -0.25) is 0 Å². The molecule has 0 fully saturated rings. The molecule has 0 bridgehead atoms. The fourth-order valence-electron chi connectivity index (χ4n) is 0.611. The highest BCUT2D eigenvalue weighted by Crippen LogP contribution is 1.95. The summed E-state index contributed by atoms with van der Waals surface area (Å²) in [6.45, 7) is 2.53. The lowest BCUT2D eigenvalue weighted by molar-refractivity contribution is 0.0897. The monoisotopic (exact) mass is 160 g/mol. The standard InChI is InChI=1S/C8H16O3/c1-2-3-4-8(10)7-11-6-5-9/h4,9-10H,2-3,5-7H2,1H3. The van der Waals surface area contributed by atoms with Gasteiger partial charge in [0.15, 0.2) is 0 Å². The van der Waals surface area contributed by atoms with Crippen molar-refractivity contribution in [3.05, 3.63) is 11.8 Å². The Labute approximate surface area is 67.3 Å². The summed E-state index contributed by atoms with van der Waals surface area (Å²) in [7, 11) is 0. The van der Waals surface area contributed by atoms with Crippen molar-refractivity contribution in [1.29, 1.82) is 0 Å². The molecule has 0 aromatic rings. The maximum atomic E-state index is 9.06. The van der Waals surface area contributed by atoms with E-state index in [9.17, 15) is 0 Å². The van der Waals surface area contributed by atoms with Crippen molar-refractivity contribution in [3.63, 3.8) is 0 Å². The van der Waals surface area contributed by atoms with E-state index in [1.165, 1.54) is 0 Å². The van der Waals surface area contributed by atoms with Crippen LogP contribution in [0.5, 0.6) is 0 Å². The van der Waals surface area contributed by atoms with Crippen LogP contribution in [0, 0.1) is 0 Å². The van der Waals surface area contributed by atoms with Crippen molar-refractivity contribution in [2.24, 2.45) is 0 Å². The molecule has 0 aromatic carbocycles. The number of aliphatic hydroxyl groups is 2. The molecular formula is C8H16O3. The van der Waals surface area contributed by atoms with Gasteiger partial charge in [0.05, 0.1) is 13.2 Å². The maximum Gasteiger partial charge on any atom is 0.114 e. The van der Waals surface area contributed by atoms with E-state index >= 15 is 0 Å². The summed E-state index contributed by atoms with van der Waals surface area (Å²) in [5.74, 6) is 0.250. The molecule has 0 atom stereocenters. The number of allylic oxidation sites excluding steroid dienone is 1. The summed E-state index contributed by atoms with van der Waals surface area (Å²) in [6.07, 6.45) is 3.62. The number of hydrogen-bond donors (Lipinski definition) is 2. The molecule has 0 spiro atoms. The molecule has 66 valence electrons. The molecule has 11 heavy (non-hydrogen) atoms. The molecule has 2 N–H and O–H groups in total. The van der Waals surface area contributed by atoms with Gasteiger partial charge in [-0.15, -0.1) is 0 Å². The lowest BCUT2D eigenvalue weighted by Gasteiger charge is -2.00. The van der Waals surface area contributed by atoms with Gasteiger partial charge in [-0.1, -0.05) is 13.3 Å². The van der Waals surface area contributed by atoms with Crippen LogP contribution >= 0.6 is 0 Å². The van der Waals surface area contributed by atoms with Crippen LogP contribution in [0.2, 0.25) is 0 Å². The highest BCUT2D eigenvalue weighted by Gasteiger charge is 1.91. The summed E-state index contributed by atoms with van der Waals surface area (Å²) in [6, 6.07) is 0. The molecule has 0 heterocycles. The summed E-state index contributed by atoms with van der Waals surface area (Å²) in [5, 5.41) is 17.4. The molecule has 0 radical (unpaired) electrons. The van der Waals surface area contributed by atoms with E-state index in [1.54, 1.807) is 6.08 Å². The van der Waals surface area contributed by atoms with Crippen molar-refractivity contribution in [2.75, 3.05) is 19.8 Å². The van der Waals surface area contributed by atoms with E-state index in [-0.39, 0.29) is 25.6 Å². The first-order chi connectivity index (χ1) is 5.31. The largest absolute Gasteiger partial charge is 0.510 e. The predicted molar refractivity (Wildman–Crippen MR) is 43.5 cm³/mol. The minimum atomic E-state index is 0.00105. The van der Waals surface area contributed by atoms with Gasteiger partial charge in [0, 0.05) is 0 Å². The van der Waals surface area contributed by atoms with E-state index in [0.29, 0.717) is 0 Å². The zero-order valence-electron chi connectivity index (χ0n) is 6.92. The lowest BCUT2D eigenvalue weighted by Crippen LogP contribution is -2.02. The quantitative estimate of drug-likeness (QED) is 0.454. The molecule has 0 aliphatic heterocycles. The molecule has 0 aliphatic carbocycles. The van der Waals surface area contributed by atoms with Gasteiger partial charge in [-0.05, 0) is 12.5 Å². The number of hydrogen-bond acceptors (Lipinski definition) is 3. The molecule has 0 rings (SSSR count). The van der Waals surface area contributed by atoms with Crippen molar-refractivity contribution in [1.82, 2.24) is 0 Å². The first-order valence-corrected chi connectivity index (χ1v) is 3.87. The second-order valence-electron chi connectivity index (χ2n) is 2.26. The van der Waals surface area contributed by atoms with Crippen LogP contribution in [-0.4, -0.2) is 30.0 Å². The van der Waals surface area contributed by atoms with E-state index in [2.05, 4.69) is 0 Å². The Hall–Kier alpha value is -0.540. The minimum absolute atomic E-state index is 0.00105. The molecule has 0 amide bonds. The van der Waals surface area contributed by atoms with Crippen LogP contribution in [0.1, 0.15) is 19.8 Å². The Balaban J connectivity index is 3.27. The predicted octanol–water partition coefficient (Wildman–Crippen LogP) is 1.24. The zero-order chi connectivity index (χ0) is 8.53. The minimum Gasteiger partial charge on any atom is -0.510 e. The van der Waals surface area contributed by atoms with Gasteiger partial charge in [-0.2, -0.15) is 0 Å². The van der Waals surface area contributed by atoms with Crippen molar-refractivity contribution in [3.8, 4) is 0 Å². The van der Waals surface area contributed by atoms with E-state index in [1.807, 2.05) is 6.92 Å². The Morgan fingerprint density at radius 3 is 2.82 bits per heavy atom. The van der Waals surface area contributed by atoms with Crippen LogP contribution < -0.4 is 0 Å². The Kier molecular flexibility index (Phi) is 7.19. The molecule has 3 nitrogen and oxygen atoms in total. The van der Waals surface area contributed by atoms with Crippen LogP contribution in [0.4, 0.5) is 0 Å². The second-order valence-corrected chi connectivity index (χ2v) is 2.26. The third-order valence-electron chi connectivity index (χ3n) is 1.15. The van der Waals surface area contributed by atoms with E-state index in [0.717, 1.165) is 12.8 Å². The zero-order valence-corrected chi connectivity index (χ0v) is 6.92. The lowest BCUT2D eigenvalue weighted by atomic mass is 10.3. The van der Waals surface area contributed by atoms with E-state index in [4.69, 9.17) is 14.9 Å². The molecule has 0 unspecified atom stereocenters. The number of aliphatic hydroxyl groups excluding tert-OH is 2. The average molecular weight is 160 g/mol. The van der Waals surface area contributed by atoms with E-state index < -0.39 is 0 Å². The Morgan fingerprint density at radius 1 is 1.55 bits per heavy atom. The number of unbranched alkanes of at least 4 members (excludes halogenated alkanes) is 1. The molecule has 3 heteroatoms. The number of rotatable bonds is 6.